The number of hydrogen-bond donors (Lipinski definition) is 3. The summed E-state index contributed by atoms with van der Waals surface area (Å²) in [5.74, 6) is -1.67. The number of carbonyl (C=O) groups excluding carboxylic acids is 3. The number of rotatable bonds is 11. The minimum atomic E-state index is -0.763. The summed E-state index contributed by atoms with van der Waals surface area (Å²) in [7, 11) is 0. The standard InChI is InChI=1S/C26H34N4O5S2/c1-14-21-20(15(2)34-25(32)18(28)10-6-7-11-27)24(31)30(21)22(23(14)37-17-12-19(36)29-13-17)26(33)35-16-8-4-3-5-9-16/h3-5,8-9,14-15,17-18,20-21H,6-7,10-13,27-28H2,1-2H3,(H,29,36)/t14-,15-,17-,18+,20-,21-/m1/s1. The molecule has 11 heteroatoms. The average Bonchev–Trinajstić information content (AvgIpc) is 3.38. The molecule has 0 radical (unpaired) electrons. The third-order valence-corrected chi connectivity index (χ3v) is 8.85. The highest BCUT2D eigenvalue weighted by molar-refractivity contribution is 8.03. The Morgan fingerprint density at radius 1 is 1.27 bits per heavy atom. The van der Waals surface area contributed by atoms with E-state index < -0.39 is 30.0 Å². The van der Waals surface area contributed by atoms with Gasteiger partial charge in [0.05, 0.1) is 16.9 Å². The Morgan fingerprint density at radius 2 is 2.00 bits per heavy atom. The van der Waals surface area contributed by atoms with Gasteiger partial charge >= 0.3 is 11.9 Å². The van der Waals surface area contributed by atoms with Crippen molar-refractivity contribution in [3.05, 3.63) is 40.9 Å². The highest BCUT2D eigenvalue weighted by Gasteiger charge is 2.61. The van der Waals surface area contributed by atoms with Gasteiger partial charge in [-0.05, 0) is 38.4 Å². The number of hydrogen-bond acceptors (Lipinski definition) is 9. The van der Waals surface area contributed by atoms with Crippen LogP contribution >= 0.6 is 24.0 Å². The van der Waals surface area contributed by atoms with Crippen LogP contribution in [0.3, 0.4) is 0 Å². The van der Waals surface area contributed by atoms with Gasteiger partial charge in [0, 0.05) is 29.0 Å². The van der Waals surface area contributed by atoms with Gasteiger partial charge in [0.1, 0.15) is 23.6 Å². The first-order valence-corrected chi connectivity index (χ1v) is 14.0. The van der Waals surface area contributed by atoms with E-state index in [4.69, 9.17) is 33.2 Å². The van der Waals surface area contributed by atoms with Gasteiger partial charge < -0.3 is 31.2 Å². The Balaban J connectivity index is 1.51. The quantitative estimate of drug-likeness (QED) is 0.124. The molecular weight excluding hydrogens is 512 g/mol. The molecule has 0 saturated carbocycles. The molecule has 3 aliphatic heterocycles. The van der Waals surface area contributed by atoms with E-state index >= 15 is 0 Å². The molecule has 0 aromatic heterocycles. The van der Waals surface area contributed by atoms with E-state index in [0.29, 0.717) is 31.7 Å². The Morgan fingerprint density at radius 3 is 2.65 bits per heavy atom. The molecule has 1 aromatic rings. The third-order valence-electron chi connectivity index (χ3n) is 7.05. The molecule has 1 amide bonds. The number of nitrogens with two attached hydrogens (primary N) is 2. The first-order chi connectivity index (χ1) is 17.7. The van der Waals surface area contributed by atoms with E-state index in [9.17, 15) is 14.4 Å². The second-order valence-corrected chi connectivity index (χ2v) is 11.5. The molecule has 37 heavy (non-hydrogen) atoms. The number of nitrogens with zero attached hydrogens (tertiary/aromatic N) is 1. The first kappa shape index (κ1) is 27.6. The molecule has 0 bridgehead atoms. The predicted molar refractivity (Wildman–Crippen MR) is 145 cm³/mol. The summed E-state index contributed by atoms with van der Waals surface area (Å²) in [5, 5.41) is 3.33. The molecule has 2 saturated heterocycles. The molecule has 1 aromatic carbocycles. The van der Waals surface area contributed by atoms with Crippen LogP contribution < -0.4 is 21.5 Å². The van der Waals surface area contributed by atoms with Crippen LogP contribution in [0.15, 0.2) is 40.9 Å². The second-order valence-electron chi connectivity index (χ2n) is 9.71. The number of fused-ring (bicyclic) bond motifs is 1. The lowest BCUT2D eigenvalue weighted by molar-refractivity contribution is -0.172. The second kappa shape index (κ2) is 11.9. The maximum absolute atomic E-state index is 13.4. The Kier molecular flexibility index (Phi) is 8.89. The van der Waals surface area contributed by atoms with Crippen molar-refractivity contribution >= 4 is 46.8 Å². The summed E-state index contributed by atoms with van der Waals surface area (Å²) in [6.45, 7) is 4.94. The zero-order chi connectivity index (χ0) is 26.7. The van der Waals surface area contributed by atoms with Gasteiger partial charge in [0.15, 0.2) is 0 Å². The minimum Gasteiger partial charge on any atom is -0.461 e. The predicted octanol–water partition coefficient (Wildman–Crippen LogP) is 2.09. The number of thiocarbonyl (C=S) groups is 1. The molecule has 200 valence electrons. The highest BCUT2D eigenvalue weighted by Crippen LogP contribution is 2.52. The first-order valence-electron chi connectivity index (χ1n) is 12.7. The maximum atomic E-state index is 13.4. The molecule has 3 aliphatic rings. The van der Waals surface area contributed by atoms with Gasteiger partial charge in [-0.25, -0.2) is 4.79 Å². The van der Waals surface area contributed by atoms with E-state index in [1.54, 1.807) is 43.0 Å². The molecule has 0 aliphatic carbocycles. The van der Waals surface area contributed by atoms with Crippen molar-refractivity contribution in [2.24, 2.45) is 23.3 Å². The zero-order valence-electron chi connectivity index (χ0n) is 21.1. The number of amides is 1. The van der Waals surface area contributed by atoms with Crippen LogP contribution in [0.25, 0.3) is 0 Å². The van der Waals surface area contributed by atoms with Gasteiger partial charge in [-0.15, -0.1) is 11.8 Å². The Bertz CT molecular complexity index is 1080. The van der Waals surface area contributed by atoms with Crippen molar-refractivity contribution < 1.29 is 23.9 Å². The number of nitrogens with one attached hydrogen (secondary N) is 1. The SMILES string of the molecule is C[C@@H](OC(=O)[C@@H](N)CCCCN)[C@H]1C(=O)N2C(C(=O)Oc3ccccc3)=C(S[C@H]3CNC(=S)C3)[C@H](C)[C@H]12. The summed E-state index contributed by atoms with van der Waals surface area (Å²) < 4.78 is 11.3. The van der Waals surface area contributed by atoms with Crippen LogP contribution in [-0.2, 0) is 19.1 Å². The summed E-state index contributed by atoms with van der Waals surface area (Å²) in [4.78, 5) is 42.4. The van der Waals surface area contributed by atoms with Crippen LogP contribution in [0.2, 0.25) is 0 Å². The summed E-state index contributed by atoms with van der Waals surface area (Å²) in [6.07, 6.45) is 2.01. The highest BCUT2D eigenvalue weighted by atomic mass is 32.2. The van der Waals surface area contributed by atoms with Crippen LogP contribution in [0.5, 0.6) is 5.75 Å². The van der Waals surface area contributed by atoms with Crippen molar-refractivity contribution in [2.45, 2.75) is 63.0 Å². The molecule has 3 heterocycles. The van der Waals surface area contributed by atoms with Crippen LogP contribution in [0.1, 0.15) is 39.5 Å². The van der Waals surface area contributed by atoms with E-state index in [2.05, 4.69) is 5.32 Å². The number of β-lactam (4-membered cyclic amide) rings is 1. The van der Waals surface area contributed by atoms with E-state index in [-0.39, 0.29) is 28.8 Å². The Labute approximate surface area is 226 Å². The zero-order valence-corrected chi connectivity index (χ0v) is 22.7. The topological polar surface area (TPSA) is 137 Å². The van der Waals surface area contributed by atoms with Crippen LogP contribution in [0.4, 0.5) is 0 Å². The molecule has 6 atom stereocenters. The summed E-state index contributed by atoms with van der Waals surface area (Å²) in [5.41, 5.74) is 11.8. The van der Waals surface area contributed by atoms with Gasteiger partial charge in [0.25, 0.3) is 0 Å². The molecule has 0 spiro atoms. The van der Waals surface area contributed by atoms with Gasteiger partial charge in [-0.3, -0.25) is 9.59 Å². The molecular formula is C26H34N4O5S2. The molecule has 4 rings (SSSR count). The van der Waals surface area contributed by atoms with Gasteiger partial charge in [-0.2, -0.15) is 0 Å². The molecule has 5 N–H and O–H groups in total. The van der Waals surface area contributed by atoms with Crippen molar-refractivity contribution in [1.82, 2.24) is 10.2 Å². The molecule has 0 unspecified atom stereocenters. The minimum absolute atomic E-state index is 0.139. The lowest BCUT2D eigenvalue weighted by atomic mass is 9.79. The number of unbranched alkanes of at least 4 members (excludes halogenated alkanes) is 1. The lowest BCUT2D eigenvalue weighted by Crippen LogP contribution is -2.64. The van der Waals surface area contributed by atoms with Crippen molar-refractivity contribution in [3.63, 3.8) is 0 Å². The van der Waals surface area contributed by atoms with Crippen molar-refractivity contribution in [1.29, 1.82) is 0 Å². The number of ether oxygens (including phenoxy) is 2. The Hall–Kier alpha value is -2.47. The number of benzene rings is 1. The fourth-order valence-corrected chi connectivity index (χ4v) is 6.93. The van der Waals surface area contributed by atoms with Gasteiger partial charge in [-0.1, -0.05) is 43.8 Å². The van der Waals surface area contributed by atoms with Gasteiger partial charge in [0.2, 0.25) is 5.91 Å². The van der Waals surface area contributed by atoms with Crippen LogP contribution in [0, 0.1) is 11.8 Å². The van der Waals surface area contributed by atoms with E-state index in [1.165, 1.54) is 4.90 Å². The van der Waals surface area contributed by atoms with Crippen molar-refractivity contribution in [3.8, 4) is 5.75 Å². The number of thioether (sulfide) groups is 1. The number of esters is 2. The monoisotopic (exact) mass is 546 g/mol. The lowest BCUT2D eigenvalue weighted by Gasteiger charge is -2.47. The normalized spacial score (nSPS) is 26.3. The summed E-state index contributed by atoms with van der Waals surface area (Å²) in [6, 6.07) is 7.70. The third kappa shape index (κ3) is 5.84. The molecule has 2 fully saturated rings. The fourth-order valence-electron chi connectivity index (χ4n) is 5.11. The van der Waals surface area contributed by atoms with E-state index in [0.717, 1.165) is 22.7 Å². The van der Waals surface area contributed by atoms with Crippen molar-refractivity contribution in [2.75, 3.05) is 13.1 Å². The molecule has 9 nitrogen and oxygen atoms in total. The van der Waals surface area contributed by atoms with Crippen LogP contribution in [-0.4, -0.2) is 64.3 Å². The largest absolute Gasteiger partial charge is 0.461 e. The summed E-state index contributed by atoms with van der Waals surface area (Å²) >= 11 is 6.86. The fraction of sp³-hybridized carbons (Fsp3) is 0.538. The number of carbonyl (C=O) groups is 3. The number of para-hydroxylation sites is 1. The smallest absolute Gasteiger partial charge is 0.361 e. The average molecular weight is 547 g/mol. The maximum Gasteiger partial charge on any atom is 0.361 e. The van der Waals surface area contributed by atoms with E-state index in [1.807, 2.05) is 13.0 Å².